The number of fused-ring (bicyclic) bond motifs is 1. The van der Waals surface area contributed by atoms with Crippen LogP contribution < -0.4 is 11.2 Å². The van der Waals surface area contributed by atoms with Gasteiger partial charge >= 0.3 is 13.3 Å². The van der Waals surface area contributed by atoms with Crippen LogP contribution in [0.4, 0.5) is 0 Å². The fraction of sp³-hybridized carbons (Fsp3) is 0.769. The molecule has 2 aliphatic rings. The van der Waals surface area contributed by atoms with E-state index >= 15 is 0 Å². The lowest BCUT2D eigenvalue weighted by Gasteiger charge is -2.31. The molecular formula is C26H43N2O9P. The molecule has 1 aliphatic carbocycles. The van der Waals surface area contributed by atoms with E-state index in [0.717, 1.165) is 36.1 Å². The molecule has 0 spiro atoms. The molecule has 11 nitrogen and oxygen atoms in total. The number of aromatic amines is 1. The number of aliphatic hydroxyl groups excluding tert-OH is 1. The molecule has 12 heteroatoms. The Kier molecular flexibility index (Phi) is 9.67. The van der Waals surface area contributed by atoms with Gasteiger partial charge in [-0.2, -0.15) is 0 Å². The SMILES string of the molecule is CCCCCCCCCCCC/C=C(/C(O)[C@H]1O[C@@H](n2ccc(=O)[nH]c2=O)[C@]2(O)C(C)(C)[C@]12O)P(=O)(O)O. The number of aliphatic hydroxyl groups is 3. The molecule has 38 heavy (non-hydrogen) atoms. The number of rotatable bonds is 15. The predicted molar refractivity (Wildman–Crippen MR) is 142 cm³/mol. The summed E-state index contributed by atoms with van der Waals surface area (Å²) in [6.07, 6.45) is 8.67. The summed E-state index contributed by atoms with van der Waals surface area (Å²) < 4.78 is 18.9. The van der Waals surface area contributed by atoms with Crippen LogP contribution in [0.25, 0.3) is 0 Å². The fourth-order valence-electron chi connectivity index (χ4n) is 5.93. The van der Waals surface area contributed by atoms with Gasteiger partial charge in [-0.05, 0) is 12.8 Å². The lowest BCUT2D eigenvalue weighted by atomic mass is 9.97. The lowest BCUT2D eigenvalue weighted by molar-refractivity contribution is -0.140. The highest BCUT2D eigenvalue weighted by molar-refractivity contribution is 7.56. The molecule has 1 aliphatic heterocycles. The molecule has 1 aromatic rings. The summed E-state index contributed by atoms with van der Waals surface area (Å²) in [6, 6.07) is 1.04. The first-order valence-corrected chi connectivity index (χ1v) is 15.2. The summed E-state index contributed by atoms with van der Waals surface area (Å²) in [6.45, 7) is 5.20. The third-order valence-electron chi connectivity index (χ3n) is 8.41. The summed E-state index contributed by atoms with van der Waals surface area (Å²) in [7, 11) is -4.95. The van der Waals surface area contributed by atoms with Crippen LogP contribution >= 0.6 is 7.60 Å². The van der Waals surface area contributed by atoms with Gasteiger partial charge in [0.2, 0.25) is 0 Å². The van der Waals surface area contributed by atoms with E-state index in [-0.39, 0.29) is 0 Å². The minimum absolute atomic E-state index is 0.315. The largest absolute Gasteiger partial charge is 0.385 e. The first-order valence-electron chi connectivity index (χ1n) is 13.6. The summed E-state index contributed by atoms with van der Waals surface area (Å²) in [4.78, 5) is 45.9. The van der Waals surface area contributed by atoms with Gasteiger partial charge in [0.05, 0.1) is 5.31 Å². The Hall–Kier alpha value is -1.59. The van der Waals surface area contributed by atoms with Gasteiger partial charge in [-0.1, -0.05) is 84.6 Å². The molecule has 0 radical (unpaired) electrons. The van der Waals surface area contributed by atoms with E-state index in [9.17, 15) is 39.3 Å². The Morgan fingerprint density at radius 3 is 2.13 bits per heavy atom. The van der Waals surface area contributed by atoms with Crippen LogP contribution in [0.2, 0.25) is 0 Å². The summed E-state index contributed by atoms with van der Waals surface area (Å²) in [5, 5.41) is 33.3. The third kappa shape index (κ3) is 5.52. The van der Waals surface area contributed by atoms with E-state index < -0.39 is 59.2 Å². The monoisotopic (exact) mass is 558 g/mol. The van der Waals surface area contributed by atoms with Gasteiger partial charge in [0.15, 0.2) is 6.23 Å². The molecule has 1 saturated carbocycles. The third-order valence-corrected chi connectivity index (χ3v) is 9.53. The Balaban J connectivity index is 1.68. The highest BCUT2D eigenvalue weighted by Crippen LogP contribution is 2.76. The van der Waals surface area contributed by atoms with Crippen molar-refractivity contribution in [3.63, 3.8) is 0 Å². The molecule has 2 heterocycles. The van der Waals surface area contributed by atoms with Crippen LogP contribution in [-0.4, -0.2) is 58.1 Å². The number of ether oxygens (including phenoxy) is 1. The number of nitrogens with zero attached hydrogens (tertiary/aromatic N) is 1. The van der Waals surface area contributed by atoms with Crippen LogP contribution in [-0.2, 0) is 9.30 Å². The van der Waals surface area contributed by atoms with Crippen molar-refractivity contribution in [2.45, 2.75) is 121 Å². The van der Waals surface area contributed by atoms with Crippen molar-refractivity contribution in [1.29, 1.82) is 0 Å². The van der Waals surface area contributed by atoms with E-state index in [4.69, 9.17) is 4.74 Å². The zero-order chi connectivity index (χ0) is 28.4. The van der Waals surface area contributed by atoms with E-state index in [2.05, 4.69) is 6.92 Å². The molecular weight excluding hydrogens is 515 g/mol. The van der Waals surface area contributed by atoms with Crippen LogP contribution in [0.3, 0.4) is 0 Å². The molecule has 1 saturated heterocycles. The number of aromatic nitrogens is 2. The first kappa shape index (κ1) is 30.9. The number of hydrogen-bond acceptors (Lipinski definition) is 7. The van der Waals surface area contributed by atoms with Crippen molar-refractivity contribution in [2.75, 3.05) is 0 Å². The van der Waals surface area contributed by atoms with Crippen LogP contribution in [0.1, 0.15) is 97.6 Å². The van der Waals surface area contributed by atoms with E-state index in [1.807, 2.05) is 4.98 Å². The average molecular weight is 559 g/mol. The molecule has 5 atom stereocenters. The second-order valence-corrected chi connectivity index (χ2v) is 12.8. The number of nitrogens with one attached hydrogen (secondary N) is 1. The normalized spacial score (nSPS) is 29.3. The van der Waals surface area contributed by atoms with Gasteiger partial charge in [-0.15, -0.1) is 0 Å². The smallest absolute Gasteiger partial charge is 0.354 e. The molecule has 1 aromatic heterocycles. The molecule has 0 amide bonds. The van der Waals surface area contributed by atoms with Gasteiger partial charge in [-0.25, -0.2) is 4.79 Å². The zero-order valence-corrected chi connectivity index (χ0v) is 23.4. The molecule has 3 rings (SSSR count). The minimum Gasteiger partial charge on any atom is -0.385 e. The van der Waals surface area contributed by atoms with Gasteiger partial charge in [-0.3, -0.25) is 18.9 Å². The predicted octanol–water partition coefficient (Wildman–Crippen LogP) is 2.67. The van der Waals surface area contributed by atoms with Gasteiger partial charge in [0.1, 0.15) is 23.4 Å². The Labute approximate surface area is 222 Å². The van der Waals surface area contributed by atoms with E-state index in [1.54, 1.807) is 0 Å². The highest BCUT2D eigenvalue weighted by atomic mass is 31.2. The van der Waals surface area contributed by atoms with Gasteiger partial charge in [0.25, 0.3) is 5.56 Å². The molecule has 1 unspecified atom stereocenters. The Morgan fingerprint density at radius 2 is 1.61 bits per heavy atom. The van der Waals surface area contributed by atoms with Crippen LogP contribution in [0.5, 0.6) is 0 Å². The van der Waals surface area contributed by atoms with Gasteiger partial charge < -0.3 is 29.8 Å². The Bertz CT molecular complexity index is 1160. The quantitative estimate of drug-likeness (QED) is 0.139. The van der Waals surface area contributed by atoms with Crippen molar-refractivity contribution in [3.8, 4) is 0 Å². The highest BCUT2D eigenvalue weighted by Gasteiger charge is 2.93. The first-order chi connectivity index (χ1) is 17.7. The van der Waals surface area contributed by atoms with Crippen molar-refractivity contribution >= 4 is 7.60 Å². The van der Waals surface area contributed by atoms with Crippen LogP contribution in [0.15, 0.2) is 33.2 Å². The number of hydrogen-bond donors (Lipinski definition) is 6. The maximum Gasteiger partial charge on any atom is 0.354 e. The topological polar surface area (TPSA) is 182 Å². The van der Waals surface area contributed by atoms with Crippen molar-refractivity contribution in [3.05, 3.63) is 44.5 Å². The van der Waals surface area contributed by atoms with Crippen molar-refractivity contribution in [1.82, 2.24) is 9.55 Å². The second kappa shape index (κ2) is 11.9. The summed E-state index contributed by atoms with van der Waals surface area (Å²) >= 11 is 0. The molecule has 0 bridgehead atoms. The summed E-state index contributed by atoms with van der Waals surface area (Å²) in [5.74, 6) is 0. The number of allylic oxidation sites excluding steroid dienone is 1. The van der Waals surface area contributed by atoms with Gasteiger partial charge in [0, 0.05) is 17.7 Å². The average Bonchev–Trinajstić information content (AvgIpc) is 3.04. The molecule has 0 aromatic carbocycles. The Morgan fingerprint density at radius 1 is 1.05 bits per heavy atom. The number of H-pyrrole nitrogens is 1. The minimum atomic E-state index is -4.95. The number of unbranched alkanes of at least 4 members (excludes halogenated alkanes) is 10. The van der Waals surface area contributed by atoms with E-state index in [1.165, 1.54) is 58.4 Å². The second-order valence-electron chi connectivity index (χ2n) is 11.2. The van der Waals surface area contributed by atoms with Crippen LogP contribution in [0, 0.1) is 5.41 Å². The lowest BCUT2D eigenvalue weighted by Crippen LogP contribution is -2.44. The molecule has 6 N–H and O–H groups in total. The molecule has 2 fully saturated rings. The standard InChI is InChI=1S/C26H43N2O9P/c1-4-5-6-7-8-9-10-11-12-13-14-15-18(38(34,35)36)20(30)21-25(32)24(2,3)26(25,33)22(37-21)28-17-16-19(29)27-23(28)31/h15-17,20-22,30,32-33H,4-14H2,1-3H3,(H,27,29,31)(H2,34,35,36)/b18-15-/t20?,21-,22-,25-,26+/m1/s1. The maximum absolute atomic E-state index is 12.4. The zero-order valence-electron chi connectivity index (χ0n) is 22.5. The molecule has 216 valence electrons. The van der Waals surface area contributed by atoms with Crippen molar-refractivity contribution in [2.24, 2.45) is 5.41 Å². The maximum atomic E-state index is 12.4. The fourth-order valence-corrected chi connectivity index (χ4v) is 6.78. The van der Waals surface area contributed by atoms with Crippen molar-refractivity contribution < 1.29 is 34.4 Å². The van der Waals surface area contributed by atoms with E-state index in [0.29, 0.717) is 12.8 Å². The summed E-state index contributed by atoms with van der Waals surface area (Å²) in [5.41, 5.74) is -7.06.